The topological polar surface area (TPSA) is 274 Å². The molecule has 3 rings (SSSR count). The molecule has 0 aromatic heterocycles. The normalized spacial score (nSPS) is 52.7. The second-order valence-corrected chi connectivity index (χ2v) is 8.89. The molecule has 0 amide bonds. The number of hydrogen-bond donors (Lipinski definition) is 10. The Kier molecular flexibility index (Phi) is 8.79. The van der Waals surface area contributed by atoms with Crippen molar-refractivity contribution in [2.45, 2.75) is 98.3 Å². The van der Waals surface area contributed by atoms with Crippen molar-refractivity contribution in [2.24, 2.45) is 34.4 Å². The second kappa shape index (κ2) is 10.8. The van der Waals surface area contributed by atoms with Gasteiger partial charge in [0.2, 0.25) is 0 Å². The molecule has 0 radical (unpaired) electrons. The van der Waals surface area contributed by atoms with Gasteiger partial charge in [-0.05, 0) is 6.42 Å². The lowest BCUT2D eigenvalue weighted by Gasteiger charge is -2.46. The third kappa shape index (κ3) is 5.24. The molecule has 32 heavy (non-hydrogen) atoms. The number of hydrogen-bond acceptors (Lipinski definition) is 14. The first-order valence-electron chi connectivity index (χ1n) is 10.8. The highest BCUT2D eigenvalue weighted by Crippen LogP contribution is 2.30. The molecule has 3 aliphatic rings. The third-order valence-corrected chi connectivity index (χ3v) is 6.62. The summed E-state index contributed by atoms with van der Waals surface area (Å²) in [4.78, 5) is 0. The summed E-state index contributed by atoms with van der Waals surface area (Å²) < 4.78 is 23.2. The van der Waals surface area contributed by atoms with Crippen LogP contribution >= 0.6 is 0 Å². The quantitative estimate of drug-likeness (QED) is 0.174. The number of rotatable bonds is 6. The van der Waals surface area contributed by atoms with Gasteiger partial charge in [0, 0.05) is 18.5 Å². The minimum Gasteiger partial charge on any atom is -0.394 e. The van der Waals surface area contributed by atoms with E-state index in [4.69, 9.17) is 53.3 Å². The minimum atomic E-state index is -1.14. The molecule has 0 bridgehead atoms. The van der Waals surface area contributed by atoms with Gasteiger partial charge in [0.25, 0.3) is 0 Å². The molecule has 0 unspecified atom stereocenters. The Hall–Kier alpha value is -0.560. The second-order valence-electron chi connectivity index (χ2n) is 8.89. The van der Waals surface area contributed by atoms with E-state index in [0.29, 0.717) is 6.42 Å². The van der Waals surface area contributed by atoms with Crippen molar-refractivity contribution in [3.8, 4) is 0 Å². The molecule has 0 spiro atoms. The monoisotopic (exact) mass is 466 g/mol. The van der Waals surface area contributed by atoms with Crippen molar-refractivity contribution in [1.82, 2.24) is 0 Å². The van der Waals surface area contributed by atoms with Crippen LogP contribution in [0.4, 0.5) is 0 Å². The summed E-state index contributed by atoms with van der Waals surface area (Å²) in [6.45, 7) is -0.822. The van der Waals surface area contributed by atoms with Gasteiger partial charge < -0.3 is 73.8 Å². The molecule has 2 heterocycles. The van der Waals surface area contributed by atoms with Gasteiger partial charge in [0.05, 0.1) is 61.8 Å². The van der Waals surface area contributed by atoms with Crippen LogP contribution in [0.25, 0.3) is 0 Å². The van der Waals surface area contributed by atoms with Gasteiger partial charge in [0.1, 0.15) is 12.2 Å². The fourth-order valence-electron chi connectivity index (χ4n) is 4.41. The molecule has 2 saturated heterocycles. The molecule has 2 aliphatic heterocycles. The van der Waals surface area contributed by atoms with E-state index in [2.05, 4.69) is 0 Å². The van der Waals surface area contributed by atoms with Gasteiger partial charge in [-0.1, -0.05) is 0 Å². The average molecular weight is 467 g/mol. The maximum absolute atomic E-state index is 10.3. The van der Waals surface area contributed by atoms with Crippen LogP contribution in [0.1, 0.15) is 12.8 Å². The summed E-state index contributed by atoms with van der Waals surface area (Å²) >= 11 is 0. The number of aliphatic hydroxyl groups excluding tert-OH is 4. The van der Waals surface area contributed by atoms with Gasteiger partial charge in [-0.25, -0.2) is 0 Å². The molecule has 0 aromatic rings. The Labute approximate surface area is 186 Å². The molecule has 14 heteroatoms. The molecular formula is C18H38N6O8. The number of ether oxygens (including phenoxy) is 4. The van der Waals surface area contributed by atoms with Crippen molar-refractivity contribution in [1.29, 1.82) is 0 Å². The van der Waals surface area contributed by atoms with E-state index in [1.807, 2.05) is 0 Å². The van der Waals surface area contributed by atoms with Gasteiger partial charge in [-0.3, -0.25) is 0 Å². The van der Waals surface area contributed by atoms with E-state index >= 15 is 0 Å². The SMILES string of the molecule is N[C@H]1[C@@H](O[C@@H]2C[C@H](O[C@H]3O[C@H](CO)[C@@H](N)[C@H](O)[C@H]3N)[C@@H](N)C[C@H]2N)O[C@H](CO)[C@@H](N)[C@@H]1O. The van der Waals surface area contributed by atoms with Crippen LogP contribution < -0.4 is 34.4 Å². The highest BCUT2D eigenvalue weighted by atomic mass is 16.7. The van der Waals surface area contributed by atoms with Crippen molar-refractivity contribution >= 4 is 0 Å². The van der Waals surface area contributed by atoms with Crippen molar-refractivity contribution in [3.05, 3.63) is 0 Å². The zero-order chi connectivity index (χ0) is 23.7. The lowest BCUT2D eigenvalue weighted by atomic mass is 9.86. The first-order chi connectivity index (χ1) is 15.1. The van der Waals surface area contributed by atoms with Crippen LogP contribution in [-0.2, 0) is 18.9 Å². The summed E-state index contributed by atoms with van der Waals surface area (Å²) in [6.07, 6.45) is -6.77. The molecule has 188 valence electrons. The fraction of sp³-hybridized carbons (Fsp3) is 1.00. The summed E-state index contributed by atoms with van der Waals surface area (Å²) in [5, 5.41) is 39.5. The smallest absolute Gasteiger partial charge is 0.176 e. The van der Waals surface area contributed by atoms with Gasteiger partial charge in [-0.2, -0.15) is 0 Å². The standard InChI is InChI=1S/C18H38N6O8/c19-5-1-6(20)8(30-18-14(24)16(28)12(22)10(4-26)32-18)2-7(5)29-17-13(23)15(27)11(21)9(3-25)31-17/h5-18,25-28H,1-4,19-24H2/t5-,6+,7-,8+,9-,10-,11-,12-,13-,14-,15+,16+,17+,18+/m1/s1. The Bertz CT molecular complexity index is 558. The Morgan fingerprint density at radius 2 is 1.00 bits per heavy atom. The maximum Gasteiger partial charge on any atom is 0.176 e. The lowest BCUT2D eigenvalue weighted by Crippen LogP contribution is -2.67. The van der Waals surface area contributed by atoms with Crippen LogP contribution in [0.5, 0.6) is 0 Å². The van der Waals surface area contributed by atoms with Gasteiger partial charge >= 0.3 is 0 Å². The lowest BCUT2D eigenvalue weighted by molar-refractivity contribution is -0.279. The predicted octanol–water partition coefficient (Wildman–Crippen LogP) is -6.33. The highest BCUT2D eigenvalue weighted by molar-refractivity contribution is 4.98. The largest absolute Gasteiger partial charge is 0.394 e. The molecule has 1 saturated carbocycles. The summed E-state index contributed by atoms with van der Waals surface area (Å²) in [5.74, 6) is 0. The Morgan fingerprint density at radius 3 is 1.34 bits per heavy atom. The van der Waals surface area contributed by atoms with Crippen molar-refractivity contribution < 1.29 is 39.4 Å². The zero-order valence-electron chi connectivity index (χ0n) is 17.8. The molecular weight excluding hydrogens is 428 g/mol. The van der Waals surface area contributed by atoms with Gasteiger partial charge in [0.15, 0.2) is 12.6 Å². The van der Waals surface area contributed by atoms with E-state index in [0.717, 1.165) is 0 Å². The molecule has 0 aromatic carbocycles. The van der Waals surface area contributed by atoms with E-state index < -0.39 is 98.7 Å². The first kappa shape index (κ1) is 26.1. The molecule has 14 nitrogen and oxygen atoms in total. The summed E-state index contributed by atoms with van der Waals surface area (Å²) in [7, 11) is 0. The van der Waals surface area contributed by atoms with E-state index in [9.17, 15) is 20.4 Å². The molecule has 14 atom stereocenters. The predicted molar refractivity (Wildman–Crippen MR) is 110 cm³/mol. The summed E-state index contributed by atoms with van der Waals surface area (Å²) in [6, 6.07) is -4.58. The maximum atomic E-state index is 10.3. The third-order valence-electron chi connectivity index (χ3n) is 6.62. The highest BCUT2D eigenvalue weighted by Gasteiger charge is 2.47. The zero-order valence-corrected chi connectivity index (χ0v) is 17.8. The Morgan fingerprint density at radius 1 is 0.625 bits per heavy atom. The van der Waals surface area contributed by atoms with Crippen LogP contribution in [0.3, 0.4) is 0 Å². The van der Waals surface area contributed by atoms with Crippen molar-refractivity contribution in [3.63, 3.8) is 0 Å². The molecule has 3 fully saturated rings. The Balaban J connectivity index is 1.66. The fourth-order valence-corrected chi connectivity index (χ4v) is 4.41. The number of nitrogens with two attached hydrogens (primary N) is 6. The van der Waals surface area contributed by atoms with E-state index in [1.54, 1.807) is 0 Å². The minimum absolute atomic E-state index is 0.222. The van der Waals surface area contributed by atoms with E-state index in [-0.39, 0.29) is 6.42 Å². The van der Waals surface area contributed by atoms with Crippen LogP contribution in [0.15, 0.2) is 0 Å². The first-order valence-corrected chi connectivity index (χ1v) is 10.8. The summed E-state index contributed by atoms with van der Waals surface area (Å²) in [5.41, 5.74) is 36.2. The van der Waals surface area contributed by atoms with Crippen molar-refractivity contribution in [2.75, 3.05) is 13.2 Å². The number of aliphatic hydroxyl groups is 4. The van der Waals surface area contributed by atoms with E-state index in [1.165, 1.54) is 0 Å². The molecule has 16 N–H and O–H groups in total. The molecule has 1 aliphatic carbocycles. The average Bonchev–Trinajstić information content (AvgIpc) is 2.77. The van der Waals surface area contributed by atoms with Crippen LogP contribution in [0, 0.1) is 0 Å². The van der Waals surface area contributed by atoms with Crippen LogP contribution in [-0.4, -0.2) is 119 Å². The van der Waals surface area contributed by atoms with Crippen LogP contribution in [0.2, 0.25) is 0 Å². The van der Waals surface area contributed by atoms with Gasteiger partial charge in [-0.15, -0.1) is 0 Å².